The van der Waals surface area contributed by atoms with Crippen LogP contribution in [-0.4, -0.2) is 82.5 Å². The Kier molecular flexibility index (Phi) is 7.97. The fraction of sp³-hybridized carbons (Fsp3) is 0.621. The second-order valence-electron chi connectivity index (χ2n) is 12.5. The second-order valence-corrected chi connectivity index (χ2v) is 14.4. The average molecular weight is 635 g/mol. The molecule has 15 heteroatoms. The molecule has 3 heterocycles. The van der Waals surface area contributed by atoms with Crippen LogP contribution in [-0.2, 0) is 24.4 Å². The number of nitrogens with one attached hydrogen (secondary N) is 2. The summed E-state index contributed by atoms with van der Waals surface area (Å²) < 4.78 is 64.2. The van der Waals surface area contributed by atoms with Gasteiger partial charge in [0.25, 0.3) is 11.8 Å². The lowest BCUT2D eigenvalue weighted by Crippen LogP contribution is -2.58. The topological polar surface area (TPSA) is 174 Å². The van der Waals surface area contributed by atoms with Crippen LogP contribution in [0.4, 0.5) is 8.78 Å². The number of hydrogen-bond acceptors (Lipinski definition) is 9. The third-order valence-electron chi connectivity index (χ3n) is 9.03. The molecule has 4 aliphatic rings. The molecule has 2 aromatic rings. The van der Waals surface area contributed by atoms with E-state index in [0.717, 1.165) is 4.90 Å². The van der Waals surface area contributed by atoms with Gasteiger partial charge in [-0.2, -0.15) is 4.39 Å². The summed E-state index contributed by atoms with van der Waals surface area (Å²) in [6.45, 7) is -0.642. The number of fused-ring (bicyclic) bond motifs is 3. The highest BCUT2D eigenvalue weighted by Gasteiger charge is 2.64. The third-order valence-corrected chi connectivity index (χ3v) is 10.8. The third kappa shape index (κ3) is 6.21. The van der Waals surface area contributed by atoms with Gasteiger partial charge in [-0.15, -0.1) is 0 Å². The van der Waals surface area contributed by atoms with Gasteiger partial charge in [-0.05, 0) is 56.6 Å². The Balaban J connectivity index is 1.28. The highest BCUT2D eigenvalue weighted by atomic mass is 32.2. The molecule has 2 aliphatic heterocycles. The first-order valence-electron chi connectivity index (χ1n) is 15.1. The second kappa shape index (κ2) is 11.5. The van der Waals surface area contributed by atoms with Crippen LogP contribution in [0.1, 0.15) is 64.2 Å². The number of alkyl halides is 2. The van der Waals surface area contributed by atoms with Crippen molar-refractivity contribution in [2.24, 2.45) is 11.7 Å². The number of nitrogens with two attached hydrogens (primary N) is 1. The number of halogens is 2. The van der Waals surface area contributed by atoms with Gasteiger partial charge in [0, 0.05) is 6.42 Å². The summed E-state index contributed by atoms with van der Waals surface area (Å²) in [5.74, 6) is -5.89. The van der Waals surface area contributed by atoms with E-state index < -0.39 is 81.5 Å². The first-order valence-corrected chi connectivity index (χ1v) is 16.6. The molecule has 2 aliphatic carbocycles. The van der Waals surface area contributed by atoms with Crippen LogP contribution in [0.15, 0.2) is 30.5 Å². The Morgan fingerprint density at radius 3 is 2.57 bits per heavy atom. The minimum Gasteiger partial charge on any atom is -0.437 e. The maximum absolute atomic E-state index is 16.4. The molecule has 2 saturated heterocycles. The van der Waals surface area contributed by atoms with E-state index in [1.165, 1.54) is 6.20 Å². The number of carbonyl (C=O) groups excluding carboxylic acids is 3. The number of sulfonamides is 1. The van der Waals surface area contributed by atoms with Crippen LogP contribution in [0, 0.1) is 5.92 Å². The first-order chi connectivity index (χ1) is 20.9. The number of aromatic nitrogens is 2. The highest BCUT2D eigenvalue weighted by Crippen LogP contribution is 2.49. The fourth-order valence-electron chi connectivity index (χ4n) is 6.30. The number of carbonyl (C=O) groups is 3. The van der Waals surface area contributed by atoms with Gasteiger partial charge in [0.15, 0.2) is 0 Å². The Morgan fingerprint density at radius 2 is 1.82 bits per heavy atom. The highest BCUT2D eigenvalue weighted by molar-refractivity contribution is 7.91. The predicted octanol–water partition coefficient (Wildman–Crippen LogP) is 1.78. The van der Waals surface area contributed by atoms with E-state index in [1.807, 2.05) is 0 Å². The smallest absolute Gasteiger partial charge is 0.269 e. The Bertz CT molecular complexity index is 1580. The summed E-state index contributed by atoms with van der Waals surface area (Å²) in [6, 6.07) is 4.43. The van der Waals surface area contributed by atoms with Gasteiger partial charge >= 0.3 is 0 Å². The van der Waals surface area contributed by atoms with Crippen LogP contribution in [0.5, 0.6) is 5.88 Å². The molecule has 1 aromatic heterocycles. The van der Waals surface area contributed by atoms with E-state index in [1.54, 1.807) is 24.3 Å². The van der Waals surface area contributed by atoms with Crippen molar-refractivity contribution in [2.75, 3.05) is 6.54 Å². The van der Waals surface area contributed by atoms with Gasteiger partial charge in [-0.1, -0.05) is 31.4 Å². The number of para-hydroxylation sites is 2. The van der Waals surface area contributed by atoms with Gasteiger partial charge in [0.1, 0.15) is 17.8 Å². The van der Waals surface area contributed by atoms with Crippen LogP contribution in [0.2, 0.25) is 0 Å². The van der Waals surface area contributed by atoms with E-state index in [2.05, 4.69) is 20.0 Å². The minimum absolute atomic E-state index is 0.00923. The van der Waals surface area contributed by atoms with E-state index >= 15 is 4.39 Å². The van der Waals surface area contributed by atoms with Crippen LogP contribution < -0.4 is 20.5 Å². The van der Waals surface area contributed by atoms with Crippen molar-refractivity contribution in [3.8, 4) is 5.88 Å². The van der Waals surface area contributed by atoms with Gasteiger partial charge < -0.3 is 20.7 Å². The molecule has 0 bridgehead atoms. The first kappa shape index (κ1) is 30.6. The zero-order valence-electron chi connectivity index (χ0n) is 24.1. The summed E-state index contributed by atoms with van der Waals surface area (Å²) in [7, 11) is -3.96. The minimum atomic E-state index is -3.96. The summed E-state index contributed by atoms with van der Waals surface area (Å²) >= 11 is 0. The van der Waals surface area contributed by atoms with Crippen molar-refractivity contribution in [3.63, 3.8) is 0 Å². The van der Waals surface area contributed by atoms with Gasteiger partial charge in [0.05, 0.1) is 35.1 Å². The summed E-state index contributed by atoms with van der Waals surface area (Å²) in [4.78, 5) is 50.3. The number of nitrogens with zero attached hydrogens (tertiary/aromatic N) is 3. The number of rotatable bonds is 5. The molecule has 12 nitrogen and oxygen atoms in total. The standard InChI is InChI=1S/C29H36F2N6O6S/c30-18-6-2-1-3-7-20(32)26(39)37-16-28(31,43-24-15-33-21-8-4-5-9-22(21)34-24)14-23(37)25(38)35-29(13-17(29)12-18)27(40)36-44(41,42)19-10-11-19/h4-5,8-9,15,17-20,23H,1-3,6-7,10-14,16,32H2,(H,35,38)(H,36,40)/t17-,18?,20+,23+,28+,29-/m1/s1. The van der Waals surface area contributed by atoms with Crippen molar-refractivity contribution in [3.05, 3.63) is 30.5 Å². The predicted molar refractivity (Wildman–Crippen MR) is 154 cm³/mol. The molecular formula is C29H36F2N6O6S. The van der Waals surface area contributed by atoms with Crippen LogP contribution in [0.3, 0.4) is 0 Å². The summed E-state index contributed by atoms with van der Waals surface area (Å²) in [5, 5.41) is 1.91. The average Bonchev–Trinajstić information content (AvgIpc) is 3.90. The van der Waals surface area contributed by atoms with Crippen molar-refractivity contribution >= 4 is 38.8 Å². The number of ether oxygens (including phenoxy) is 1. The lowest BCUT2D eigenvalue weighted by Gasteiger charge is -2.28. The van der Waals surface area contributed by atoms with Crippen molar-refractivity contribution < 1.29 is 36.3 Å². The van der Waals surface area contributed by atoms with Gasteiger partial charge in [-0.25, -0.2) is 22.8 Å². The SMILES string of the molecule is N[C@H]1CCCCCC(F)C[C@@H]2C[C@@]2(C(=O)NS(=O)(=O)C2CC2)NC(=O)[C@@H]2C[C@](F)(Oc3cnc4ccccc4n3)CN2C1=O. The van der Waals surface area contributed by atoms with Crippen molar-refractivity contribution in [2.45, 2.75) is 99.1 Å². The fourth-order valence-corrected chi connectivity index (χ4v) is 7.67. The molecular weight excluding hydrogens is 598 g/mol. The summed E-state index contributed by atoms with van der Waals surface area (Å²) in [6.07, 6.45) is 2.28. The van der Waals surface area contributed by atoms with Crippen LogP contribution >= 0.6 is 0 Å². The van der Waals surface area contributed by atoms with Gasteiger partial charge in [-0.3, -0.25) is 19.1 Å². The van der Waals surface area contributed by atoms with Gasteiger partial charge in [0.2, 0.25) is 27.7 Å². The molecule has 44 heavy (non-hydrogen) atoms. The Morgan fingerprint density at radius 1 is 1.09 bits per heavy atom. The van der Waals surface area contributed by atoms with E-state index in [9.17, 15) is 27.2 Å². The zero-order chi connectivity index (χ0) is 31.3. The molecule has 1 unspecified atom stereocenters. The molecule has 238 valence electrons. The molecule has 1 aromatic carbocycles. The normalized spacial score (nSPS) is 33.4. The van der Waals surface area contributed by atoms with E-state index in [-0.39, 0.29) is 31.6 Å². The van der Waals surface area contributed by atoms with Crippen molar-refractivity contribution in [1.82, 2.24) is 24.9 Å². The maximum Gasteiger partial charge on any atom is 0.269 e. The quantitative estimate of drug-likeness (QED) is 0.443. The Hall–Kier alpha value is -3.46. The molecule has 0 radical (unpaired) electrons. The zero-order valence-corrected chi connectivity index (χ0v) is 24.9. The number of amides is 3. The van der Waals surface area contributed by atoms with E-state index in [4.69, 9.17) is 10.5 Å². The number of hydrogen-bond donors (Lipinski definition) is 3. The molecule has 2 saturated carbocycles. The molecule has 6 atom stereocenters. The lowest BCUT2D eigenvalue weighted by atomic mass is 10.0. The molecule has 4 N–H and O–H groups in total. The van der Waals surface area contributed by atoms with Crippen molar-refractivity contribution in [1.29, 1.82) is 0 Å². The maximum atomic E-state index is 16.4. The van der Waals surface area contributed by atoms with E-state index in [0.29, 0.717) is 43.1 Å². The largest absolute Gasteiger partial charge is 0.437 e. The van der Waals surface area contributed by atoms with Crippen LogP contribution in [0.25, 0.3) is 11.0 Å². The molecule has 6 rings (SSSR count). The number of benzene rings is 1. The lowest BCUT2D eigenvalue weighted by molar-refractivity contribution is -0.141. The Labute approximate surface area is 253 Å². The molecule has 3 amide bonds. The molecule has 4 fully saturated rings. The summed E-state index contributed by atoms with van der Waals surface area (Å²) in [5.41, 5.74) is 5.50. The molecule has 0 spiro atoms. The monoisotopic (exact) mass is 634 g/mol.